The van der Waals surface area contributed by atoms with Crippen LogP contribution in [0.5, 0.6) is 11.5 Å². The number of halogens is 6. The Morgan fingerprint density at radius 2 is 1.43 bits per heavy atom. The summed E-state index contributed by atoms with van der Waals surface area (Å²) in [5, 5.41) is -1.16. The van der Waals surface area contributed by atoms with Crippen LogP contribution in [0.25, 0.3) is 22.2 Å². The van der Waals surface area contributed by atoms with Gasteiger partial charge in [-0.15, -0.1) is 0 Å². The largest absolute Gasteiger partial charge is 0.497 e. The molecule has 0 bridgehead atoms. The Morgan fingerprint density at radius 3 is 1.93 bits per heavy atom. The van der Waals surface area contributed by atoms with E-state index in [1.165, 1.54) is 27.2 Å². The third-order valence-corrected chi connectivity index (χ3v) is 7.45. The van der Waals surface area contributed by atoms with Gasteiger partial charge in [-0.3, -0.25) is 9.78 Å². The highest BCUT2D eigenvalue weighted by Gasteiger charge is 2.39. The number of anilines is 1. The second-order valence-corrected chi connectivity index (χ2v) is 10.6. The number of rotatable bonds is 8. The maximum Gasteiger partial charge on any atom is 0.418 e. The topological polar surface area (TPSA) is 80.3 Å². The molecule has 13 heteroatoms. The van der Waals surface area contributed by atoms with Gasteiger partial charge in [0.1, 0.15) is 22.8 Å². The molecule has 0 aliphatic heterocycles. The van der Waals surface area contributed by atoms with Crippen molar-refractivity contribution in [2.24, 2.45) is 0 Å². The van der Waals surface area contributed by atoms with Crippen LogP contribution in [0, 0.1) is 12.7 Å². The van der Waals surface area contributed by atoms with E-state index in [4.69, 9.17) is 32.7 Å². The van der Waals surface area contributed by atoms with Gasteiger partial charge in [0.05, 0.1) is 41.4 Å². The monoisotopic (exact) mass is 646 g/mol. The van der Waals surface area contributed by atoms with Crippen LogP contribution in [0.4, 0.5) is 23.4 Å². The van der Waals surface area contributed by atoms with Crippen molar-refractivity contribution in [3.63, 3.8) is 0 Å². The molecule has 5 rings (SSSR count). The van der Waals surface area contributed by atoms with Gasteiger partial charge in [-0.2, -0.15) is 13.2 Å². The molecule has 0 saturated heterocycles. The maximum absolute atomic E-state index is 16.0. The Morgan fingerprint density at radius 1 is 0.886 bits per heavy atom. The molecular weight excluding hydrogens is 623 g/mol. The number of fused-ring (bicyclic) bond motifs is 1. The molecule has 7 nitrogen and oxygen atoms in total. The standard InChI is InChI=1S/C31H24Cl2F4N4O3/c1-16-12-23(41(14-17-4-8-19(43-2)9-5-17)15-18-6-10-20(44-3)11-7-18)38-28(25(16)31(35,36)37)24-22(32)13-21-27(26(24)34)39-30(33)40-29(21)42/h4-13H,14-15H2,1-3H3,(H,39,40,42). The molecule has 228 valence electrons. The zero-order chi connectivity index (χ0) is 31.8. The zero-order valence-electron chi connectivity index (χ0n) is 23.5. The first-order valence-corrected chi connectivity index (χ1v) is 13.8. The number of H-pyrrole nitrogens is 1. The van der Waals surface area contributed by atoms with Crippen molar-refractivity contribution < 1.29 is 27.0 Å². The summed E-state index contributed by atoms with van der Waals surface area (Å²) in [4.78, 5) is 24.5. The molecule has 44 heavy (non-hydrogen) atoms. The number of alkyl halides is 3. The highest BCUT2D eigenvalue weighted by atomic mass is 35.5. The summed E-state index contributed by atoms with van der Waals surface area (Å²) in [7, 11) is 3.08. The van der Waals surface area contributed by atoms with Crippen LogP contribution in [0.1, 0.15) is 22.3 Å². The van der Waals surface area contributed by atoms with Crippen molar-refractivity contribution in [2.75, 3.05) is 19.1 Å². The summed E-state index contributed by atoms with van der Waals surface area (Å²) < 4.78 is 70.1. The van der Waals surface area contributed by atoms with Crippen LogP contribution in [0.3, 0.4) is 0 Å². The Bertz CT molecular complexity index is 1850. The molecule has 0 unspecified atom stereocenters. The number of aromatic nitrogens is 3. The molecule has 2 aromatic heterocycles. The number of hydrogen-bond acceptors (Lipinski definition) is 6. The lowest BCUT2D eigenvalue weighted by Crippen LogP contribution is -2.24. The Hall–Kier alpha value is -4.35. The van der Waals surface area contributed by atoms with Crippen molar-refractivity contribution in [1.29, 1.82) is 0 Å². The predicted molar refractivity (Wildman–Crippen MR) is 161 cm³/mol. The van der Waals surface area contributed by atoms with Crippen LogP contribution >= 0.6 is 23.2 Å². The van der Waals surface area contributed by atoms with E-state index in [-0.39, 0.29) is 29.9 Å². The summed E-state index contributed by atoms with van der Waals surface area (Å²) in [5.74, 6) is 0.141. The van der Waals surface area contributed by atoms with Gasteiger partial charge in [-0.1, -0.05) is 35.9 Å². The highest BCUT2D eigenvalue weighted by Crippen LogP contribution is 2.44. The van der Waals surface area contributed by atoms with Crippen LogP contribution < -0.4 is 19.9 Å². The molecule has 0 aliphatic rings. The SMILES string of the molecule is COc1ccc(CN(Cc2ccc(OC)cc2)c2cc(C)c(C(F)(F)F)c(-c3c(Cl)cc4c(=O)[nH]c(Cl)nc4c3F)n2)cc1. The molecule has 0 atom stereocenters. The molecule has 0 fully saturated rings. The molecule has 2 heterocycles. The molecule has 3 aromatic carbocycles. The smallest absolute Gasteiger partial charge is 0.418 e. The van der Waals surface area contributed by atoms with Crippen molar-refractivity contribution in [3.05, 3.63) is 109 Å². The fourth-order valence-electron chi connectivity index (χ4n) is 4.87. The first-order valence-electron chi connectivity index (χ1n) is 13.1. The fourth-order valence-corrected chi connectivity index (χ4v) is 5.32. The average Bonchev–Trinajstić information content (AvgIpc) is 2.97. The number of aromatic amines is 1. The van der Waals surface area contributed by atoms with E-state index in [0.717, 1.165) is 17.2 Å². The molecular formula is C31H24Cl2F4N4O3. The number of hydrogen-bond donors (Lipinski definition) is 1. The van der Waals surface area contributed by atoms with Gasteiger partial charge in [-0.05, 0) is 71.6 Å². The van der Waals surface area contributed by atoms with Gasteiger partial charge >= 0.3 is 6.18 Å². The Kier molecular flexibility index (Phi) is 8.71. The van der Waals surface area contributed by atoms with E-state index >= 15 is 4.39 Å². The summed E-state index contributed by atoms with van der Waals surface area (Å²) in [5.41, 5.74) is -2.49. The van der Waals surface area contributed by atoms with Gasteiger partial charge in [0.15, 0.2) is 5.82 Å². The number of nitrogens with zero attached hydrogens (tertiary/aromatic N) is 3. The molecule has 0 amide bonds. The van der Waals surface area contributed by atoms with Gasteiger partial charge in [0.25, 0.3) is 5.56 Å². The van der Waals surface area contributed by atoms with Crippen LogP contribution in [0.15, 0.2) is 65.5 Å². The van der Waals surface area contributed by atoms with Gasteiger partial charge in [0, 0.05) is 13.1 Å². The van der Waals surface area contributed by atoms with Crippen LogP contribution in [-0.2, 0) is 19.3 Å². The molecule has 1 N–H and O–H groups in total. The number of benzene rings is 3. The van der Waals surface area contributed by atoms with Crippen molar-refractivity contribution in [3.8, 4) is 22.8 Å². The van der Waals surface area contributed by atoms with E-state index in [0.29, 0.717) is 11.5 Å². The second-order valence-electron chi connectivity index (χ2n) is 9.87. The summed E-state index contributed by atoms with van der Waals surface area (Å²) in [6.45, 7) is 1.73. The molecule has 0 aliphatic carbocycles. The van der Waals surface area contributed by atoms with Gasteiger partial charge < -0.3 is 14.4 Å². The number of aryl methyl sites for hydroxylation is 1. The number of ether oxygens (including phenoxy) is 2. The quantitative estimate of drug-likeness (QED) is 0.136. The van der Waals surface area contributed by atoms with E-state index in [2.05, 4.69) is 15.0 Å². The van der Waals surface area contributed by atoms with Crippen molar-refractivity contribution >= 4 is 39.9 Å². The minimum atomic E-state index is -4.92. The highest BCUT2D eigenvalue weighted by molar-refractivity contribution is 6.34. The van der Waals surface area contributed by atoms with Crippen molar-refractivity contribution in [1.82, 2.24) is 15.0 Å². The summed E-state index contributed by atoms with van der Waals surface area (Å²) in [6, 6.07) is 16.7. The van der Waals surface area contributed by atoms with E-state index < -0.39 is 50.2 Å². The van der Waals surface area contributed by atoms with E-state index in [1.54, 1.807) is 29.2 Å². The average molecular weight is 647 g/mol. The minimum Gasteiger partial charge on any atom is -0.497 e. The zero-order valence-corrected chi connectivity index (χ0v) is 25.0. The van der Waals surface area contributed by atoms with Crippen LogP contribution in [-0.4, -0.2) is 29.2 Å². The third-order valence-electron chi connectivity index (χ3n) is 6.98. The normalized spacial score (nSPS) is 11.6. The van der Waals surface area contributed by atoms with E-state index in [1.807, 2.05) is 24.3 Å². The summed E-state index contributed by atoms with van der Waals surface area (Å²) >= 11 is 12.2. The van der Waals surface area contributed by atoms with Crippen molar-refractivity contribution in [2.45, 2.75) is 26.2 Å². The van der Waals surface area contributed by atoms with E-state index in [9.17, 15) is 18.0 Å². The predicted octanol–water partition coefficient (Wildman–Crippen LogP) is 7.98. The fraction of sp³-hybridized carbons (Fsp3) is 0.194. The van der Waals surface area contributed by atoms with Gasteiger partial charge in [0.2, 0.25) is 5.28 Å². The molecule has 0 saturated carbocycles. The first kappa shape index (κ1) is 31.1. The summed E-state index contributed by atoms with van der Waals surface area (Å²) in [6.07, 6.45) is -4.92. The second kappa shape index (κ2) is 12.3. The maximum atomic E-state index is 16.0. The number of methoxy groups -OCH3 is 2. The third kappa shape index (κ3) is 6.29. The lowest BCUT2D eigenvalue weighted by Gasteiger charge is -2.27. The number of nitrogens with one attached hydrogen (secondary N) is 1. The molecule has 0 spiro atoms. The Balaban J connectivity index is 1.72. The minimum absolute atomic E-state index is 0.129. The van der Waals surface area contributed by atoms with Gasteiger partial charge in [-0.25, -0.2) is 14.4 Å². The van der Waals surface area contributed by atoms with Crippen LogP contribution in [0.2, 0.25) is 10.3 Å². The lowest BCUT2D eigenvalue weighted by molar-refractivity contribution is -0.137. The molecule has 5 aromatic rings. The number of pyridine rings is 1. The lowest BCUT2D eigenvalue weighted by atomic mass is 9.99. The Labute approximate surface area is 259 Å². The molecule has 0 radical (unpaired) electrons. The first-order chi connectivity index (χ1) is 20.9.